The van der Waals surface area contributed by atoms with Gasteiger partial charge in [-0.15, -0.1) is 0 Å². The second-order valence-corrected chi connectivity index (χ2v) is 9.07. The minimum Gasteiger partial charge on any atom is -0.326 e. The average Bonchev–Trinajstić information content (AvgIpc) is 2.96. The summed E-state index contributed by atoms with van der Waals surface area (Å²) in [6.07, 6.45) is 1.31. The lowest BCUT2D eigenvalue weighted by atomic mass is 10.1. The Morgan fingerprint density at radius 2 is 1.78 bits per heavy atom. The van der Waals surface area contributed by atoms with Gasteiger partial charge in [0.05, 0.1) is 21.5 Å². The predicted molar refractivity (Wildman–Crippen MR) is 106 cm³/mol. The number of anilines is 2. The Kier molecular flexibility index (Phi) is 5.24. The van der Waals surface area contributed by atoms with Crippen molar-refractivity contribution in [1.29, 1.82) is 0 Å². The van der Waals surface area contributed by atoms with Crippen LogP contribution in [-0.4, -0.2) is 31.5 Å². The Labute approximate surface area is 160 Å². The van der Waals surface area contributed by atoms with Crippen LogP contribution in [0, 0.1) is 0 Å². The van der Waals surface area contributed by atoms with E-state index in [1.807, 2.05) is 0 Å². The molecule has 0 fully saturated rings. The number of carbonyl (C=O) groups excluding carboxylic acids is 2. The third kappa shape index (κ3) is 4.89. The number of amides is 2. The molecule has 0 atom stereocenters. The summed E-state index contributed by atoms with van der Waals surface area (Å²) in [6, 6.07) is 11.7. The highest BCUT2D eigenvalue weighted by Gasteiger charge is 2.12. The number of benzene rings is 2. The van der Waals surface area contributed by atoms with E-state index in [4.69, 9.17) is 0 Å². The molecule has 0 aliphatic rings. The SMILES string of the molecule is CC(=O)Nc1ccc(CC(=O)Nc2nc3ccc(S(C)(=O)=O)cc3s2)cc1. The molecule has 0 unspecified atom stereocenters. The zero-order chi connectivity index (χ0) is 19.6. The first kappa shape index (κ1) is 19.0. The minimum absolute atomic E-state index is 0.157. The van der Waals surface area contributed by atoms with Gasteiger partial charge in [0, 0.05) is 18.9 Å². The van der Waals surface area contributed by atoms with E-state index in [0.29, 0.717) is 21.0 Å². The quantitative estimate of drug-likeness (QED) is 0.681. The van der Waals surface area contributed by atoms with Crippen LogP contribution in [0.2, 0.25) is 0 Å². The van der Waals surface area contributed by atoms with Gasteiger partial charge in [-0.25, -0.2) is 13.4 Å². The lowest BCUT2D eigenvalue weighted by Crippen LogP contribution is -2.14. The van der Waals surface area contributed by atoms with Gasteiger partial charge in [0.15, 0.2) is 15.0 Å². The molecule has 3 aromatic rings. The lowest BCUT2D eigenvalue weighted by molar-refractivity contribution is -0.116. The molecule has 7 nitrogen and oxygen atoms in total. The maximum absolute atomic E-state index is 12.2. The first-order valence-corrected chi connectivity index (χ1v) is 10.7. The molecular weight excluding hydrogens is 386 g/mol. The van der Waals surface area contributed by atoms with E-state index in [1.54, 1.807) is 36.4 Å². The monoisotopic (exact) mass is 403 g/mol. The van der Waals surface area contributed by atoms with Crippen molar-refractivity contribution in [2.75, 3.05) is 16.9 Å². The van der Waals surface area contributed by atoms with Crippen molar-refractivity contribution < 1.29 is 18.0 Å². The Morgan fingerprint density at radius 1 is 1.07 bits per heavy atom. The van der Waals surface area contributed by atoms with Crippen molar-refractivity contribution in [2.45, 2.75) is 18.2 Å². The molecule has 9 heteroatoms. The van der Waals surface area contributed by atoms with Gasteiger partial charge in [-0.2, -0.15) is 0 Å². The summed E-state index contributed by atoms with van der Waals surface area (Å²) >= 11 is 1.22. The largest absolute Gasteiger partial charge is 0.326 e. The highest BCUT2D eigenvalue weighted by atomic mass is 32.2. The number of nitrogens with one attached hydrogen (secondary N) is 2. The van der Waals surface area contributed by atoms with Gasteiger partial charge < -0.3 is 10.6 Å². The van der Waals surface area contributed by atoms with Gasteiger partial charge in [0.2, 0.25) is 11.8 Å². The fraction of sp³-hybridized carbons (Fsp3) is 0.167. The fourth-order valence-electron chi connectivity index (χ4n) is 2.45. The molecule has 0 saturated carbocycles. The number of hydrogen-bond acceptors (Lipinski definition) is 6. The zero-order valence-electron chi connectivity index (χ0n) is 14.6. The average molecular weight is 403 g/mol. The Balaban J connectivity index is 1.69. The van der Waals surface area contributed by atoms with Crippen LogP contribution in [0.3, 0.4) is 0 Å². The maximum Gasteiger partial charge on any atom is 0.230 e. The maximum atomic E-state index is 12.2. The zero-order valence-corrected chi connectivity index (χ0v) is 16.3. The number of aromatic nitrogens is 1. The highest BCUT2D eigenvalue weighted by molar-refractivity contribution is 7.90. The van der Waals surface area contributed by atoms with E-state index in [1.165, 1.54) is 24.3 Å². The topological polar surface area (TPSA) is 105 Å². The molecule has 2 N–H and O–H groups in total. The third-order valence-corrected chi connectivity index (χ3v) is 5.72. The second kappa shape index (κ2) is 7.45. The smallest absolute Gasteiger partial charge is 0.230 e. The van der Waals surface area contributed by atoms with Crippen LogP contribution < -0.4 is 10.6 Å². The fourth-order valence-corrected chi connectivity index (χ4v) is 4.09. The van der Waals surface area contributed by atoms with E-state index < -0.39 is 9.84 Å². The van der Waals surface area contributed by atoms with Gasteiger partial charge in [-0.3, -0.25) is 9.59 Å². The van der Waals surface area contributed by atoms with E-state index >= 15 is 0 Å². The number of thiazole rings is 1. The molecule has 140 valence electrons. The summed E-state index contributed by atoms with van der Waals surface area (Å²) in [5, 5.41) is 5.81. The predicted octanol–water partition coefficient (Wildman–Crippen LogP) is 2.84. The van der Waals surface area contributed by atoms with Gasteiger partial charge in [0.25, 0.3) is 0 Å². The van der Waals surface area contributed by atoms with E-state index in [2.05, 4.69) is 15.6 Å². The standard InChI is InChI=1S/C18H17N3O4S2/c1-11(22)19-13-5-3-12(4-6-13)9-17(23)21-18-20-15-8-7-14(27(2,24)25)10-16(15)26-18/h3-8,10H,9H2,1-2H3,(H,19,22)(H,20,21,23). The molecular formula is C18H17N3O4S2. The van der Waals surface area contributed by atoms with Crippen LogP contribution in [0.15, 0.2) is 47.4 Å². The Morgan fingerprint density at radius 3 is 2.41 bits per heavy atom. The minimum atomic E-state index is -3.29. The highest BCUT2D eigenvalue weighted by Crippen LogP contribution is 2.28. The van der Waals surface area contributed by atoms with Crippen molar-refractivity contribution >= 4 is 54.0 Å². The first-order chi connectivity index (χ1) is 12.7. The van der Waals surface area contributed by atoms with Crippen molar-refractivity contribution in [3.8, 4) is 0 Å². The van der Waals surface area contributed by atoms with Gasteiger partial charge in [-0.1, -0.05) is 23.5 Å². The molecule has 0 saturated heterocycles. The van der Waals surface area contributed by atoms with E-state index in [9.17, 15) is 18.0 Å². The molecule has 0 aliphatic carbocycles. The number of sulfone groups is 1. The normalized spacial score (nSPS) is 11.3. The van der Waals surface area contributed by atoms with Crippen molar-refractivity contribution in [3.05, 3.63) is 48.0 Å². The molecule has 0 radical (unpaired) electrons. The molecule has 3 rings (SSSR count). The molecule has 2 aromatic carbocycles. The van der Waals surface area contributed by atoms with Crippen LogP contribution in [0.5, 0.6) is 0 Å². The van der Waals surface area contributed by atoms with Crippen LogP contribution >= 0.6 is 11.3 Å². The summed E-state index contributed by atoms with van der Waals surface area (Å²) in [6.45, 7) is 1.43. The molecule has 2 amide bonds. The van der Waals surface area contributed by atoms with Gasteiger partial charge in [-0.05, 0) is 35.9 Å². The Bertz CT molecular complexity index is 1120. The van der Waals surface area contributed by atoms with Crippen LogP contribution in [-0.2, 0) is 25.8 Å². The van der Waals surface area contributed by atoms with Crippen molar-refractivity contribution in [1.82, 2.24) is 4.98 Å². The number of nitrogens with zero attached hydrogens (tertiary/aromatic N) is 1. The summed E-state index contributed by atoms with van der Waals surface area (Å²) in [7, 11) is -3.29. The Hall–Kier alpha value is -2.78. The number of carbonyl (C=O) groups is 2. The second-order valence-electron chi connectivity index (χ2n) is 6.02. The third-order valence-electron chi connectivity index (χ3n) is 3.67. The molecule has 0 aliphatic heterocycles. The van der Waals surface area contributed by atoms with E-state index in [-0.39, 0.29) is 23.1 Å². The molecule has 27 heavy (non-hydrogen) atoms. The van der Waals surface area contributed by atoms with Crippen LogP contribution in [0.4, 0.5) is 10.8 Å². The van der Waals surface area contributed by atoms with Crippen molar-refractivity contribution in [2.24, 2.45) is 0 Å². The summed E-state index contributed by atoms with van der Waals surface area (Å²) in [5.74, 6) is -0.389. The lowest BCUT2D eigenvalue weighted by Gasteiger charge is -2.04. The summed E-state index contributed by atoms with van der Waals surface area (Å²) in [5.41, 5.74) is 2.09. The number of fused-ring (bicyclic) bond motifs is 1. The van der Waals surface area contributed by atoms with E-state index in [0.717, 1.165) is 11.8 Å². The first-order valence-electron chi connectivity index (χ1n) is 7.98. The van der Waals surface area contributed by atoms with Gasteiger partial charge >= 0.3 is 0 Å². The van der Waals surface area contributed by atoms with Gasteiger partial charge in [0.1, 0.15) is 0 Å². The summed E-state index contributed by atoms with van der Waals surface area (Å²) in [4.78, 5) is 27.8. The molecule has 0 bridgehead atoms. The number of hydrogen-bond donors (Lipinski definition) is 2. The number of rotatable bonds is 5. The molecule has 1 aromatic heterocycles. The molecule has 1 heterocycles. The van der Waals surface area contributed by atoms with Crippen LogP contribution in [0.1, 0.15) is 12.5 Å². The van der Waals surface area contributed by atoms with Crippen molar-refractivity contribution in [3.63, 3.8) is 0 Å². The summed E-state index contributed by atoms with van der Waals surface area (Å²) < 4.78 is 24.0. The van der Waals surface area contributed by atoms with Crippen LogP contribution in [0.25, 0.3) is 10.2 Å². The molecule has 0 spiro atoms.